The zero-order valence-corrected chi connectivity index (χ0v) is 11.2. The Labute approximate surface area is 112 Å². The normalized spacial score (nSPS) is 12.4. The first kappa shape index (κ1) is 13.6. The second kappa shape index (κ2) is 5.85. The van der Waals surface area contributed by atoms with Gasteiger partial charge >= 0.3 is 0 Å². The van der Waals surface area contributed by atoms with Gasteiger partial charge in [0.25, 0.3) is 0 Å². The maximum atomic E-state index is 12.8. The first-order chi connectivity index (χ1) is 9.06. The molecule has 100 valence electrons. The molecule has 0 amide bonds. The van der Waals surface area contributed by atoms with Gasteiger partial charge in [-0.3, -0.25) is 0 Å². The van der Waals surface area contributed by atoms with Crippen molar-refractivity contribution < 1.29 is 9.50 Å². The van der Waals surface area contributed by atoms with Gasteiger partial charge in [0.05, 0.1) is 0 Å². The third kappa shape index (κ3) is 3.55. The fourth-order valence-electron chi connectivity index (χ4n) is 2.00. The van der Waals surface area contributed by atoms with Crippen molar-refractivity contribution in [2.45, 2.75) is 26.4 Å². The van der Waals surface area contributed by atoms with Gasteiger partial charge in [-0.1, -0.05) is 24.3 Å². The Kier molecular flexibility index (Phi) is 4.17. The van der Waals surface area contributed by atoms with E-state index < -0.39 is 0 Å². The van der Waals surface area contributed by atoms with Gasteiger partial charge in [-0.25, -0.2) is 4.39 Å². The number of hydrogen-bond acceptors (Lipinski definition) is 2. The Hall–Kier alpha value is -1.87. The first-order valence-electron chi connectivity index (χ1n) is 6.33. The molecule has 0 aliphatic heterocycles. The van der Waals surface area contributed by atoms with Gasteiger partial charge < -0.3 is 10.4 Å². The smallest absolute Gasteiger partial charge is 0.123 e. The Morgan fingerprint density at radius 2 is 1.84 bits per heavy atom. The zero-order chi connectivity index (χ0) is 13.8. The summed E-state index contributed by atoms with van der Waals surface area (Å²) in [5.74, 6) is 0.0760. The number of aryl methyl sites for hydroxylation is 1. The minimum absolute atomic E-state index is 0.0330. The maximum Gasteiger partial charge on any atom is 0.123 e. The van der Waals surface area contributed by atoms with Crippen molar-refractivity contribution in [1.82, 2.24) is 5.32 Å². The van der Waals surface area contributed by atoms with E-state index in [0.29, 0.717) is 12.3 Å². The molecule has 0 aliphatic carbocycles. The maximum absolute atomic E-state index is 12.8. The minimum atomic E-state index is -0.229. The Bertz CT molecular complexity index is 551. The summed E-state index contributed by atoms with van der Waals surface area (Å²) in [6.45, 7) is 4.57. The van der Waals surface area contributed by atoms with E-state index in [2.05, 4.69) is 5.32 Å². The largest absolute Gasteiger partial charge is 0.508 e. The predicted molar refractivity (Wildman–Crippen MR) is 74.5 cm³/mol. The molecule has 0 saturated heterocycles. The van der Waals surface area contributed by atoms with Crippen LogP contribution in [0.25, 0.3) is 0 Å². The Balaban J connectivity index is 2.01. The lowest BCUT2D eigenvalue weighted by atomic mass is 10.0. The predicted octanol–water partition coefficient (Wildman–Crippen LogP) is 3.69. The molecular weight excluding hydrogens is 241 g/mol. The number of hydrogen-bond donors (Lipinski definition) is 2. The van der Waals surface area contributed by atoms with Crippen LogP contribution in [0.3, 0.4) is 0 Å². The van der Waals surface area contributed by atoms with Gasteiger partial charge in [-0.05, 0) is 43.2 Å². The lowest BCUT2D eigenvalue weighted by molar-refractivity contribution is 0.452. The summed E-state index contributed by atoms with van der Waals surface area (Å²) in [7, 11) is 0. The summed E-state index contributed by atoms with van der Waals surface area (Å²) in [6, 6.07) is 12.1. The van der Waals surface area contributed by atoms with Crippen molar-refractivity contribution in [1.29, 1.82) is 0 Å². The highest BCUT2D eigenvalue weighted by atomic mass is 19.1. The molecule has 0 aromatic heterocycles. The monoisotopic (exact) mass is 259 g/mol. The topological polar surface area (TPSA) is 32.3 Å². The average Bonchev–Trinajstić information content (AvgIpc) is 2.37. The fraction of sp³-hybridized carbons (Fsp3) is 0.250. The van der Waals surface area contributed by atoms with Crippen LogP contribution in [0.1, 0.15) is 29.7 Å². The third-order valence-corrected chi connectivity index (χ3v) is 3.18. The molecular formula is C16H18FNO. The van der Waals surface area contributed by atoms with Gasteiger partial charge in [0.2, 0.25) is 0 Å². The number of phenolic OH excluding ortho intramolecular Hbond substituents is 1. The van der Waals surface area contributed by atoms with Crippen LogP contribution in [0.5, 0.6) is 5.75 Å². The number of phenols is 1. The minimum Gasteiger partial charge on any atom is -0.508 e. The highest BCUT2D eigenvalue weighted by Crippen LogP contribution is 2.25. The van der Waals surface area contributed by atoms with Crippen LogP contribution in [0.2, 0.25) is 0 Å². The van der Waals surface area contributed by atoms with Crippen molar-refractivity contribution in [3.05, 3.63) is 65.0 Å². The second-order valence-electron chi connectivity index (χ2n) is 4.79. The number of nitrogens with one attached hydrogen (secondary N) is 1. The van der Waals surface area contributed by atoms with Crippen molar-refractivity contribution >= 4 is 0 Å². The third-order valence-electron chi connectivity index (χ3n) is 3.18. The van der Waals surface area contributed by atoms with Crippen LogP contribution in [0.15, 0.2) is 42.5 Å². The van der Waals surface area contributed by atoms with Crippen molar-refractivity contribution in [2.24, 2.45) is 0 Å². The zero-order valence-electron chi connectivity index (χ0n) is 11.2. The van der Waals surface area contributed by atoms with E-state index in [1.807, 2.05) is 26.0 Å². The van der Waals surface area contributed by atoms with Gasteiger partial charge in [0.15, 0.2) is 0 Å². The molecule has 0 bridgehead atoms. The van der Waals surface area contributed by atoms with Gasteiger partial charge in [0, 0.05) is 18.2 Å². The summed E-state index contributed by atoms with van der Waals surface area (Å²) in [6.07, 6.45) is 0. The van der Waals surface area contributed by atoms with Crippen LogP contribution in [-0.4, -0.2) is 5.11 Å². The van der Waals surface area contributed by atoms with E-state index in [9.17, 15) is 9.50 Å². The average molecular weight is 259 g/mol. The van der Waals surface area contributed by atoms with E-state index in [1.54, 1.807) is 18.2 Å². The summed E-state index contributed by atoms with van der Waals surface area (Å²) >= 11 is 0. The van der Waals surface area contributed by atoms with Crippen molar-refractivity contribution in [3.63, 3.8) is 0 Å². The first-order valence-corrected chi connectivity index (χ1v) is 6.33. The lowest BCUT2D eigenvalue weighted by Crippen LogP contribution is -2.18. The number of halogens is 1. The van der Waals surface area contributed by atoms with Crippen LogP contribution in [-0.2, 0) is 6.54 Å². The second-order valence-corrected chi connectivity index (χ2v) is 4.79. The molecule has 0 aliphatic rings. The number of benzene rings is 2. The van der Waals surface area contributed by atoms with Crippen LogP contribution < -0.4 is 5.32 Å². The van der Waals surface area contributed by atoms with Crippen LogP contribution in [0, 0.1) is 12.7 Å². The molecule has 2 aromatic rings. The van der Waals surface area contributed by atoms with Gasteiger partial charge in [-0.2, -0.15) is 0 Å². The summed E-state index contributed by atoms with van der Waals surface area (Å²) in [5.41, 5.74) is 2.92. The van der Waals surface area contributed by atoms with E-state index in [-0.39, 0.29) is 11.9 Å². The summed E-state index contributed by atoms with van der Waals surface area (Å²) in [4.78, 5) is 0. The van der Waals surface area contributed by atoms with Crippen molar-refractivity contribution in [2.75, 3.05) is 0 Å². The molecule has 0 radical (unpaired) electrons. The quantitative estimate of drug-likeness (QED) is 0.877. The molecule has 2 N–H and O–H groups in total. The lowest BCUT2D eigenvalue weighted by Gasteiger charge is -2.16. The van der Waals surface area contributed by atoms with E-state index >= 15 is 0 Å². The van der Waals surface area contributed by atoms with E-state index in [1.165, 1.54) is 12.1 Å². The van der Waals surface area contributed by atoms with E-state index in [0.717, 1.165) is 16.7 Å². The molecule has 3 heteroatoms. The van der Waals surface area contributed by atoms with Crippen LogP contribution in [0.4, 0.5) is 4.39 Å². The van der Waals surface area contributed by atoms with Crippen LogP contribution >= 0.6 is 0 Å². The van der Waals surface area contributed by atoms with E-state index in [4.69, 9.17) is 0 Å². The molecule has 1 atom stereocenters. The Morgan fingerprint density at radius 3 is 2.47 bits per heavy atom. The summed E-state index contributed by atoms with van der Waals surface area (Å²) in [5, 5.41) is 13.2. The number of aromatic hydroxyl groups is 1. The van der Waals surface area contributed by atoms with Crippen molar-refractivity contribution in [3.8, 4) is 5.75 Å². The van der Waals surface area contributed by atoms with Gasteiger partial charge in [0.1, 0.15) is 11.6 Å². The molecule has 0 heterocycles. The highest BCUT2D eigenvalue weighted by molar-refractivity contribution is 5.37. The fourth-order valence-corrected chi connectivity index (χ4v) is 2.00. The highest BCUT2D eigenvalue weighted by Gasteiger charge is 2.09. The number of rotatable bonds is 4. The molecule has 0 saturated carbocycles. The van der Waals surface area contributed by atoms with Gasteiger partial charge in [-0.15, -0.1) is 0 Å². The molecule has 0 fully saturated rings. The molecule has 2 aromatic carbocycles. The SMILES string of the molecule is Cc1ccc(C(C)NCc2ccc(F)cc2)c(O)c1. The molecule has 2 nitrogen and oxygen atoms in total. The molecule has 0 spiro atoms. The Morgan fingerprint density at radius 1 is 1.16 bits per heavy atom. The molecule has 19 heavy (non-hydrogen) atoms. The summed E-state index contributed by atoms with van der Waals surface area (Å²) < 4.78 is 12.8. The standard InChI is InChI=1S/C16H18FNO/c1-11-3-8-15(16(19)9-11)12(2)18-10-13-4-6-14(17)7-5-13/h3-9,12,18-19H,10H2,1-2H3. The molecule has 1 unspecified atom stereocenters. The molecule has 2 rings (SSSR count).